The highest BCUT2D eigenvalue weighted by molar-refractivity contribution is 9.10. The van der Waals surface area contributed by atoms with Crippen molar-refractivity contribution in [3.8, 4) is 23.0 Å². The maximum Gasteiger partial charge on any atom is 0.387 e. The summed E-state index contributed by atoms with van der Waals surface area (Å²) >= 11 is 3.56. The van der Waals surface area contributed by atoms with Gasteiger partial charge in [-0.05, 0) is 52.3 Å². The van der Waals surface area contributed by atoms with Crippen LogP contribution in [-0.4, -0.2) is 39.9 Å². The van der Waals surface area contributed by atoms with Crippen molar-refractivity contribution < 1.29 is 27.7 Å². The largest absolute Gasteiger partial charge is 0.493 e. The zero-order chi connectivity index (χ0) is 20.0. The molecule has 0 fully saturated rings. The molecule has 2 aromatic rings. The summed E-state index contributed by atoms with van der Waals surface area (Å²) in [6.07, 6.45) is 0. The normalized spacial score (nSPS) is 11.0. The predicted molar refractivity (Wildman–Crippen MR) is 102 cm³/mol. The van der Waals surface area contributed by atoms with Crippen LogP contribution < -0.4 is 18.9 Å². The number of methoxy groups -OCH3 is 3. The second kappa shape index (κ2) is 9.75. The SMILES string of the molecule is COc1cc(CN(C)Cc2ccc(OC)c(OC)c2Br)ccc1OC(F)F. The fourth-order valence-corrected chi connectivity index (χ4v) is 3.33. The molecule has 148 valence electrons. The second-order valence-electron chi connectivity index (χ2n) is 5.81. The van der Waals surface area contributed by atoms with E-state index in [0.29, 0.717) is 24.6 Å². The Balaban J connectivity index is 2.13. The lowest BCUT2D eigenvalue weighted by Gasteiger charge is -2.20. The molecule has 2 aromatic carbocycles. The molecule has 27 heavy (non-hydrogen) atoms. The smallest absolute Gasteiger partial charge is 0.387 e. The average Bonchev–Trinajstić information content (AvgIpc) is 2.63. The van der Waals surface area contributed by atoms with Crippen molar-refractivity contribution in [2.45, 2.75) is 19.7 Å². The van der Waals surface area contributed by atoms with Crippen molar-refractivity contribution in [2.24, 2.45) is 0 Å². The highest BCUT2D eigenvalue weighted by atomic mass is 79.9. The predicted octanol–water partition coefficient (Wildman–Crippen LogP) is 4.71. The van der Waals surface area contributed by atoms with E-state index in [2.05, 4.69) is 25.6 Å². The van der Waals surface area contributed by atoms with Crippen molar-refractivity contribution in [3.63, 3.8) is 0 Å². The first-order valence-electron chi connectivity index (χ1n) is 8.09. The van der Waals surface area contributed by atoms with Crippen molar-refractivity contribution >= 4 is 15.9 Å². The summed E-state index contributed by atoms with van der Waals surface area (Å²) in [5.74, 6) is 1.57. The summed E-state index contributed by atoms with van der Waals surface area (Å²) in [6, 6.07) is 8.73. The molecule has 0 aliphatic carbocycles. The van der Waals surface area contributed by atoms with Gasteiger partial charge in [0.05, 0.1) is 25.8 Å². The van der Waals surface area contributed by atoms with Gasteiger partial charge < -0.3 is 18.9 Å². The van der Waals surface area contributed by atoms with Crippen LogP contribution in [0.1, 0.15) is 11.1 Å². The van der Waals surface area contributed by atoms with E-state index in [0.717, 1.165) is 15.6 Å². The Morgan fingerprint density at radius 1 is 0.926 bits per heavy atom. The first-order chi connectivity index (χ1) is 12.9. The van der Waals surface area contributed by atoms with Crippen LogP contribution in [0.2, 0.25) is 0 Å². The zero-order valence-corrected chi connectivity index (χ0v) is 17.2. The first-order valence-corrected chi connectivity index (χ1v) is 8.88. The maximum absolute atomic E-state index is 12.4. The molecule has 0 aromatic heterocycles. The molecule has 0 atom stereocenters. The molecule has 8 heteroatoms. The molecule has 0 N–H and O–H groups in total. The summed E-state index contributed by atoms with van der Waals surface area (Å²) in [4.78, 5) is 2.08. The summed E-state index contributed by atoms with van der Waals surface area (Å²) in [5, 5.41) is 0. The Kier molecular flexibility index (Phi) is 7.67. The first kappa shape index (κ1) is 21.2. The van der Waals surface area contributed by atoms with Crippen LogP contribution in [0.5, 0.6) is 23.0 Å². The van der Waals surface area contributed by atoms with Gasteiger partial charge in [0.2, 0.25) is 0 Å². The van der Waals surface area contributed by atoms with Gasteiger partial charge in [-0.1, -0.05) is 12.1 Å². The van der Waals surface area contributed by atoms with Gasteiger partial charge in [-0.25, -0.2) is 0 Å². The van der Waals surface area contributed by atoms with E-state index in [1.165, 1.54) is 13.2 Å². The molecule has 0 saturated heterocycles. The minimum atomic E-state index is -2.89. The van der Waals surface area contributed by atoms with E-state index in [9.17, 15) is 8.78 Å². The molecular weight excluding hydrogens is 424 g/mol. The van der Waals surface area contributed by atoms with Crippen LogP contribution in [0.3, 0.4) is 0 Å². The molecule has 2 rings (SSSR count). The zero-order valence-electron chi connectivity index (χ0n) is 15.6. The molecular formula is C19H22BrF2NO4. The van der Waals surface area contributed by atoms with Crippen LogP contribution in [-0.2, 0) is 13.1 Å². The molecule has 0 saturated carbocycles. The lowest BCUT2D eigenvalue weighted by atomic mass is 10.1. The average molecular weight is 446 g/mol. The van der Waals surface area contributed by atoms with E-state index < -0.39 is 6.61 Å². The Morgan fingerprint density at radius 2 is 1.59 bits per heavy atom. The van der Waals surface area contributed by atoms with Gasteiger partial charge in [0.1, 0.15) is 0 Å². The quantitative estimate of drug-likeness (QED) is 0.558. The molecule has 0 aliphatic rings. The number of ether oxygens (including phenoxy) is 4. The number of hydrogen-bond donors (Lipinski definition) is 0. The maximum atomic E-state index is 12.4. The monoisotopic (exact) mass is 445 g/mol. The van der Waals surface area contributed by atoms with E-state index in [-0.39, 0.29) is 11.5 Å². The van der Waals surface area contributed by atoms with Crippen molar-refractivity contribution in [3.05, 3.63) is 45.9 Å². The van der Waals surface area contributed by atoms with E-state index in [1.807, 2.05) is 19.2 Å². The van der Waals surface area contributed by atoms with E-state index in [4.69, 9.17) is 14.2 Å². The molecule has 0 unspecified atom stereocenters. The van der Waals surface area contributed by atoms with Gasteiger partial charge in [0.15, 0.2) is 23.0 Å². The number of nitrogens with zero attached hydrogens (tertiary/aromatic N) is 1. The number of halogens is 3. The third kappa shape index (κ3) is 5.46. The Labute approximate surface area is 165 Å². The Bertz CT molecular complexity index is 774. The standard InChI is InChI=1S/C19H22BrF2NO4/c1-23(11-13-6-8-15(24-2)18(26-4)17(13)20)10-12-5-7-14(27-19(21)22)16(9-12)25-3/h5-9,19H,10-11H2,1-4H3. The van der Waals surface area contributed by atoms with Crippen LogP contribution in [0.15, 0.2) is 34.8 Å². The summed E-state index contributed by atoms with van der Waals surface area (Å²) < 4.78 is 46.0. The highest BCUT2D eigenvalue weighted by Gasteiger charge is 2.15. The molecule has 0 heterocycles. The molecule has 0 radical (unpaired) electrons. The van der Waals surface area contributed by atoms with Crippen LogP contribution in [0, 0.1) is 0 Å². The van der Waals surface area contributed by atoms with Gasteiger partial charge >= 0.3 is 6.61 Å². The minimum Gasteiger partial charge on any atom is -0.493 e. The summed E-state index contributed by atoms with van der Waals surface area (Å²) in [6.45, 7) is -1.67. The van der Waals surface area contributed by atoms with Crippen LogP contribution in [0.4, 0.5) is 8.78 Å². The third-order valence-corrected chi connectivity index (χ3v) is 4.77. The molecule has 0 amide bonds. The van der Waals surface area contributed by atoms with E-state index in [1.54, 1.807) is 26.4 Å². The number of benzene rings is 2. The topological polar surface area (TPSA) is 40.2 Å². The minimum absolute atomic E-state index is 0.0153. The summed E-state index contributed by atoms with van der Waals surface area (Å²) in [7, 11) is 6.55. The van der Waals surface area contributed by atoms with Gasteiger partial charge in [-0.2, -0.15) is 8.78 Å². The van der Waals surface area contributed by atoms with Crippen molar-refractivity contribution in [1.82, 2.24) is 4.90 Å². The third-order valence-electron chi connectivity index (χ3n) is 3.90. The fourth-order valence-electron chi connectivity index (χ4n) is 2.71. The van der Waals surface area contributed by atoms with Gasteiger partial charge in [0.25, 0.3) is 0 Å². The lowest BCUT2D eigenvalue weighted by molar-refractivity contribution is -0.0512. The Hall–Kier alpha value is -2.06. The van der Waals surface area contributed by atoms with Crippen molar-refractivity contribution in [2.75, 3.05) is 28.4 Å². The van der Waals surface area contributed by atoms with Crippen LogP contribution in [0.25, 0.3) is 0 Å². The Morgan fingerprint density at radius 3 is 2.19 bits per heavy atom. The molecule has 0 aliphatic heterocycles. The molecule has 0 spiro atoms. The van der Waals surface area contributed by atoms with Gasteiger partial charge in [0, 0.05) is 13.1 Å². The van der Waals surface area contributed by atoms with Crippen LogP contribution >= 0.6 is 15.9 Å². The van der Waals surface area contributed by atoms with Gasteiger partial charge in [-0.15, -0.1) is 0 Å². The second-order valence-corrected chi connectivity index (χ2v) is 6.60. The fraction of sp³-hybridized carbons (Fsp3) is 0.368. The van der Waals surface area contributed by atoms with E-state index >= 15 is 0 Å². The molecule has 5 nitrogen and oxygen atoms in total. The number of hydrogen-bond acceptors (Lipinski definition) is 5. The summed E-state index contributed by atoms with van der Waals surface area (Å²) in [5.41, 5.74) is 1.94. The lowest BCUT2D eigenvalue weighted by Crippen LogP contribution is -2.18. The van der Waals surface area contributed by atoms with Crippen molar-refractivity contribution in [1.29, 1.82) is 0 Å². The highest BCUT2D eigenvalue weighted by Crippen LogP contribution is 2.38. The molecule has 0 bridgehead atoms. The number of rotatable bonds is 9. The number of alkyl halides is 2. The van der Waals surface area contributed by atoms with Gasteiger partial charge in [-0.3, -0.25) is 4.90 Å².